The lowest BCUT2D eigenvalue weighted by Gasteiger charge is -1.88. The molecule has 0 amide bonds. The minimum Gasteiger partial charge on any atom is -0.400 e. The minimum atomic E-state index is -0.596. The molecule has 2 rings (SSSR count). The van der Waals surface area contributed by atoms with Crippen LogP contribution in [0.4, 0.5) is 11.6 Å². The second kappa shape index (κ2) is 4.35. The zero-order valence-corrected chi connectivity index (χ0v) is 8.11. The van der Waals surface area contributed by atoms with Gasteiger partial charge in [0.05, 0.1) is 24.2 Å². The zero-order valence-electron chi connectivity index (χ0n) is 8.11. The first-order chi connectivity index (χ1) is 7.75. The molecule has 0 saturated carbocycles. The molecule has 0 radical (unpaired) electrons. The molecule has 80 valence electrons. The fraction of sp³-hybridized carbons (Fsp3) is 0. The van der Waals surface area contributed by atoms with Crippen LogP contribution in [0, 0.1) is 10.1 Å². The van der Waals surface area contributed by atoms with E-state index < -0.39 is 4.92 Å². The Hall–Kier alpha value is -2.50. The Morgan fingerprint density at radius 1 is 1.44 bits per heavy atom. The van der Waals surface area contributed by atoms with Gasteiger partial charge in [0.2, 0.25) is 0 Å². The summed E-state index contributed by atoms with van der Waals surface area (Å²) in [7, 11) is 0. The molecule has 0 aliphatic rings. The summed E-state index contributed by atoms with van der Waals surface area (Å²) in [6.07, 6.45) is 4.62. The van der Waals surface area contributed by atoms with Gasteiger partial charge in [0.15, 0.2) is 5.76 Å². The molecule has 6 nitrogen and oxygen atoms in total. The average Bonchev–Trinajstić information content (AvgIpc) is 2.76. The van der Waals surface area contributed by atoms with Crippen molar-refractivity contribution in [3.8, 4) is 0 Å². The number of furan rings is 1. The van der Waals surface area contributed by atoms with Crippen LogP contribution in [0.25, 0.3) is 0 Å². The Morgan fingerprint density at radius 2 is 2.31 bits per heavy atom. The maximum Gasteiger partial charge on any atom is 0.433 e. The van der Waals surface area contributed by atoms with Crippen LogP contribution in [0.1, 0.15) is 5.76 Å². The van der Waals surface area contributed by atoms with Crippen LogP contribution in [-0.2, 0) is 0 Å². The van der Waals surface area contributed by atoms with Gasteiger partial charge in [-0.2, -0.15) is 0 Å². The van der Waals surface area contributed by atoms with Crippen LogP contribution in [-0.4, -0.2) is 16.1 Å². The summed E-state index contributed by atoms with van der Waals surface area (Å²) < 4.78 is 4.90. The summed E-state index contributed by atoms with van der Waals surface area (Å²) in [6, 6.07) is 6.28. The van der Waals surface area contributed by atoms with E-state index >= 15 is 0 Å². The van der Waals surface area contributed by atoms with Crippen molar-refractivity contribution in [3.05, 3.63) is 52.5 Å². The van der Waals surface area contributed by atoms with Crippen LogP contribution in [0.5, 0.6) is 0 Å². The first-order valence-electron chi connectivity index (χ1n) is 4.44. The fourth-order valence-electron chi connectivity index (χ4n) is 1.08. The number of nitrogens with zero attached hydrogens (tertiary/aromatic N) is 3. The van der Waals surface area contributed by atoms with E-state index in [1.807, 2.05) is 0 Å². The number of nitro groups is 1. The molecule has 0 saturated heterocycles. The standard InChI is InChI=1S/C10H7N3O3/c14-13(15)10-4-3-9(16-10)7-12-8-2-1-5-11-6-8/h1-7H. The lowest BCUT2D eigenvalue weighted by molar-refractivity contribution is -0.402. The highest BCUT2D eigenvalue weighted by atomic mass is 16.6. The van der Waals surface area contributed by atoms with Gasteiger partial charge in [0.25, 0.3) is 0 Å². The molecular formula is C10H7N3O3. The summed E-state index contributed by atoms with van der Waals surface area (Å²) in [5.74, 6) is 0.0307. The molecule has 2 aromatic heterocycles. The van der Waals surface area contributed by atoms with E-state index in [1.165, 1.54) is 18.3 Å². The van der Waals surface area contributed by atoms with Gasteiger partial charge in [-0.1, -0.05) is 0 Å². The minimum absolute atomic E-state index is 0.298. The summed E-state index contributed by atoms with van der Waals surface area (Å²) >= 11 is 0. The third kappa shape index (κ3) is 2.30. The number of hydrogen-bond acceptors (Lipinski definition) is 5. The van der Waals surface area contributed by atoms with E-state index in [0.717, 1.165) is 0 Å². The van der Waals surface area contributed by atoms with Gasteiger partial charge in [0.1, 0.15) is 4.92 Å². The highest BCUT2D eigenvalue weighted by Crippen LogP contribution is 2.15. The van der Waals surface area contributed by atoms with Crippen LogP contribution in [0.3, 0.4) is 0 Å². The third-order valence-corrected chi connectivity index (χ3v) is 1.78. The lowest BCUT2D eigenvalue weighted by Crippen LogP contribution is -1.83. The molecule has 2 aromatic rings. The molecule has 16 heavy (non-hydrogen) atoms. The van der Waals surface area contributed by atoms with E-state index in [9.17, 15) is 10.1 Å². The highest BCUT2D eigenvalue weighted by molar-refractivity contribution is 5.78. The molecule has 6 heteroatoms. The number of aromatic nitrogens is 1. The van der Waals surface area contributed by atoms with Crippen molar-refractivity contribution in [1.29, 1.82) is 0 Å². The fourth-order valence-corrected chi connectivity index (χ4v) is 1.08. The summed E-state index contributed by atoms with van der Waals surface area (Å²) in [5, 5.41) is 10.3. The third-order valence-electron chi connectivity index (χ3n) is 1.78. The maximum atomic E-state index is 10.3. The van der Waals surface area contributed by atoms with Gasteiger partial charge >= 0.3 is 5.88 Å². The van der Waals surface area contributed by atoms with Gasteiger partial charge in [-0.25, -0.2) is 0 Å². The van der Waals surface area contributed by atoms with Crippen molar-refractivity contribution < 1.29 is 9.34 Å². The Labute approximate surface area is 90.4 Å². The lowest BCUT2D eigenvalue weighted by atomic mass is 10.4. The monoisotopic (exact) mass is 217 g/mol. The first kappa shape index (κ1) is 10.0. The topological polar surface area (TPSA) is 81.5 Å². The highest BCUT2D eigenvalue weighted by Gasteiger charge is 2.09. The summed E-state index contributed by atoms with van der Waals surface area (Å²) in [5.41, 5.74) is 0.654. The van der Waals surface area contributed by atoms with Crippen LogP contribution < -0.4 is 0 Å². The molecule has 0 N–H and O–H groups in total. The molecule has 0 aliphatic carbocycles. The van der Waals surface area contributed by atoms with Crippen molar-refractivity contribution in [1.82, 2.24) is 4.98 Å². The maximum absolute atomic E-state index is 10.3. The van der Waals surface area contributed by atoms with Crippen LogP contribution in [0.15, 0.2) is 46.1 Å². The van der Waals surface area contributed by atoms with Crippen LogP contribution >= 0.6 is 0 Å². The van der Waals surface area contributed by atoms with E-state index in [1.54, 1.807) is 24.5 Å². The van der Waals surface area contributed by atoms with Crippen LogP contribution in [0.2, 0.25) is 0 Å². The molecule has 0 aromatic carbocycles. The van der Waals surface area contributed by atoms with Gasteiger partial charge in [-0.3, -0.25) is 20.1 Å². The Kier molecular flexibility index (Phi) is 2.73. The van der Waals surface area contributed by atoms with E-state index in [4.69, 9.17) is 4.42 Å². The van der Waals surface area contributed by atoms with Crippen molar-refractivity contribution >= 4 is 17.8 Å². The van der Waals surface area contributed by atoms with E-state index in [0.29, 0.717) is 11.4 Å². The van der Waals surface area contributed by atoms with Gasteiger partial charge in [-0.15, -0.1) is 0 Å². The largest absolute Gasteiger partial charge is 0.433 e. The SMILES string of the molecule is O=[N+]([O-])c1ccc(C=Nc2cccnc2)o1. The van der Waals surface area contributed by atoms with Crippen molar-refractivity contribution in [3.63, 3.8) is 0 Å². The molecule has 0 aliphatic heterocycles. The van der Waals surface area contributed by atoms with Crippen molar-refractivity contribution in [2.24, 2.45) is 4.99 Å². The quantitative estimate of drug-likeness (QED) is 0.448. The molecule has 0 atom stereocenters. The second-order valence-corrected chi connectivity index (χ2v) is 2.90. The Bertz CT molecular complexity index is 519. The Morgan fingerprint density at radius 3 is 2.94 bits per heavy atom. The van der Waals surface area contributed by atoms with E-state index in [-0.39, 0.29) is 5.88 Å². The zero-order chi connectivity index (χ0) is 11.4. The average molecular weight is 217 g/mol. The van der Waals surface area contributed by atoms with Gasteiger partial charge in [-0.05, 0) is 18.2 Å². The number of pyridine rings is 1. The first-order valence-corrected chi connectivity index (χ1v) is 4.44. The molecule has 0 fully saturated rings. The Balaban J connectivity index is 2.15. The van der Waals surface area contributed by atoms with Gasteiger partial charge in [0, 0.05) is 6.20 Å². The van der Waals surface area contributed by atoms with E-state index in [2.05, 4.69) is 9.98 Å². The van der Waals surface area contributed by atoms with Gasteiger partial charge < -0.3 is 4.42 Å². The molecular weight excluding hydrogens is 210 g/mol. The molecule has 0 bridgehead atoms. The predicted molar refractivity (Wildman–Crippen MR) is 56.9 cm³/mol. The summed E-state index contributed by atoms with van der Waals surface area (Å²) in [4.78, 5) is 17.7. The summed E-state index contributed by atoms with van der Waals surface area (Å²) in [6.45, 7) is 0. The molecule has 0 spiro atoms. The predicted octanol–water partition coefficient (Wildman–Crippen LogP) is 2.33. The van der Waals surface area contributed by atoms with Crippen molar-refractivity contribution in [2.45, 2.75) is 0 Å². The number of rotatable bonds is 3. The number of aliphatic imine (C=N–C) groups is 1. The molecule has 2 heterocycles. The number of hydrogen-bond donors (Lipinski definition) is 0. The second-order valence-electron chi connectivity index (χ2n) is 2.90. The molecule has 0 unspecified atom stereocenters. The van der Waals surface area contributed by atoms with Crippen molar-refractivity contribution in [2.75, 3.05) is 0 Å². The smallest absolute Gasteiger partial charge is 0.400 e. The normalized spacial score (nSPS) is 10.8.